The number of nitriles is 1. The van der Waals surface area contributed by atoms with Crippen LogP contribution in [0.15, 0.2) is 55.1 Å². The molecule has 0 aromatic heterocycles. The van der Waals surface area contributed by atoms with Crippen molar-refractivity contribution < 1.29 is 0 Å². The Balaban J connectivity index is 2.82. The Morgan fingerprint density at radius 1 is 1.17 bits per heavy atom. The van der Waals surface area contributed by atoms with Crippen LogP contribution in [0.2, 0.25) is 0 Å². The van der Waals surface area contributed by atoms with Gasteiger partial charge in [-0.1, -0.05) is 49.1 Å². The number of fused-ring (bicyclic) bond motifs is 1. The Morgan fingerprint density at radius 2 is 1.89 bits per heavy atom. The molecule has 0 atom stereocenters. The highest BCUT2D eigenvalue weighted by Crippen LogP contribution is 2.26. The molecule has 0 spiro atoms. The lowest BCUT2D eigenvalue weighted by Crippen LogP contribution is -1.90. The molecule has 0 unspecified atom stereocenters. The van der Waals surface area contributed by atoms with E-state index in [4.69, 9.17) is 10.7 Å². The van der Waals surface area contributed by atoms with Crippen molar-refractivity contribution in [3.8, 4) is 6.07 Å². The lowest BCUT2D eigenvalue weighted by atomic mass is 9.95. The average molecular weight is 232 g/mol. The van der Waals surface area contributed by atoms with Gasteiger partial charge in [-0.3, -0.25) is 0 Å². The number of hydrogen-bond acceptors (Lipinski definition) is 2. The standard InChI is InChI=1S/C16H12N2/c1-2-5-12(10-17)15-9-8-13(11-18)14-6-3-4-7-16(14)15/h2-10,17H,1H2/b12-5+,17-10?. The largest absolute Gasteiger partial charge is 0.308 e. The first-order valence-corrected chi connectivity index (χ1v) is 5.57. The zero-order valence-electron chi connectivity index (χ0n) is 9.85. The molecule has 0 aliphatic heterocycles. The Morgan fingerprint density at radius 3 is 2.50 bits per heavy atom. The summed E-state index contributed by atoms with van der Waals surface area (Å²) in [7, 11) is 0. The summed E-state index contributed by atoms with van der Waals surface area (Å²) < 4.78 is 0. The Kier molecular flexibility index (Phi) is 3.36. The van der Waals surface area contributed by atoms with Crippen LogP contribution in [0.5, 0.6) is 0 Å². The second-order valence-corrected chi connectivity index (χ2v) is 3.82. The molecule has 18 heavy (non-hydrogen) atoms. The molecule has 2 nitrogen and oxygen atoms in total. The van der Waals surface area contributed by atoms with Gasteiger partial charge in [-0.2, -0.15) is 5.26 Å². The second-order valence-electron chi connectivity index (χ2n) is 3.82. The molecule has 0 fully saturated rings. The molecule has 86 valence electrons. The summed E-state index contributed by atoms with van der Waals surface area (Å²) >= 11 is 0. The summed E-state index contributed by atoms with van der Waals surface area (Å²) in [6.45, 7) is 3.66. The van der Waals surface area contributed by atoms with E-state index in [2.05, 4.69) is 12.6 Å². The van der Waals surface area contributed by atoms with Crippen LogP contribution < -0.4 is 0 Å². The molecule has 1 N–H and O–H groups in total. The molecule has 0 bridgehead atoms. The van der Waals surface area contributed by atoms with E-state index in [0.29, 0.717) is 5.56 Å². The summed E-state index contributed by atoms with van der Waals surface area (Å²) in [4.78, 5) is 0. The predicted octanol–water partition coefficient (Wildman–Crippen LogP) is 3.93. The van der Waals surface area contributed by atoms with E-state index in [1.54, 1.807) is 18.2 Å². The fourth-order valence-corrected chi connectivity index (χ4v) is 1.99. The fourth-order valence-electron chi connectivity index (χ4n) is 1.99. The van der Waals surface area contributed by atoms with E-state index in [1.807, 2.05) is 30.3 Å². The van der Waals surface area contributed by atoms with Crippen LogP contribution in [-0.2, 0) is 0 Å². The highest BCUT2D eigenvalue weighted by Gasteiger charge is 2.07. The van der Waals surface area contributed by atoms with Crippen LogP contribution in [0.1, 0.15) is 11.1 Å². The van der Waals surface area contributed by atoms with Gasteiger partial charge in [0.05, 0.1) is 11.6 Å². The second kappa shape index (κ2) is 5.11. The highest BCUT2D eigenvalue weighted by atomic mass is 14.3. The van der Waals surface area contributed by atoms with E-state index < -0.39 is 0 Å². The first-order valence-electron chi connectivity index (χ1n) is 5.57. The minimum absolute atomic E-state index is 0.650. The summed E-state index contributed by atoms with van der Waals surface area (Å²) in [5.74, 6) is 0. The van der Waals surface area contributed by atoms with Gasteiger partial charge in [-0.05, 0) is 22.6 Å². The van der Waals surface area contributed by atoms with Crippen LogP contribution >= 0.6 is 0 Å². The third-order valence-electron chi connectivity index (χ3n) is 2.81. The zero-order valence-corrected chi connectivity index (χ0v) is 9.85. The van der Waals surface area contributed by atoms with Crippen LogP contribution in [0.25, 0.3) is 16.3 Å². The first kappa shape index (κ1) is 11.8. The van der Waals surface area contributed by atoms with Gasteiger partial charge in [0.15, 0.2) is 0 Å². The number of rotatable bonds is 3. The number of nitrogens with zero attached hydrogens (tertiary/aromatic N) is 1. The van der Waals surface area contributed by atoms with E-state index in [0.717, 1.165) is 21.9 Å². The van der Waals surface area contributed by atoms with Gasteiger partial charge < -0.3 is 5.41 Å². The summed E-state index contributed by atoms with van der Waals surface area (Å²) in [6.07, 6.45) is 4.75. The van der Waals surface area contributed by atoms with Crippen molar-refractivity contribution in [3.05, 3.63) is 66.3 Å². The minimum atomic E-state index is 0.650. The summed E-state index contributed by atoms with van der Waals surface area (Å²) in [5.41, 5.74) is 2.38. The smallest absolute Gasteiger partial charge is 0.0998 e. The molecule has 0 radical (unpaired) electrons. The first-order chi connectivity index (χ1) is 8.81. The molecule has 0 aliphatic carbocycles. The predicted molar refractivity (Wildman–Crippen MR) is 75.6 cm³/mol. The molecule has 0 saturated carbocycles. The molecular formula is C16H12N2. The van der Waals surface area contributed by atoms with E-state index in [-0.39, 0.29) is 0 Å². The molecule has 2 rings (SSSR count). The van der Waals surface area contributed by atoms with Gasteiger partial charge in [0.25, 0.3) is 0 Å². The van der Waals surface area contributed by atoms with Crippen molar-refractivity contribution in [1.82, 2.24) is 0 Å². The molecule has 2 aromatic carbocycles. The number of benzene rings is 2. The summed E-state index contributed by atoms with van der Waals surface area (Å²) in [6, 6.07) is 13.6. The SMILES string of the molecule is C=C/C=C(\C=N)c1ccc(C#N)c2ccccc12. The lowest BCUT2D eigenvalue weighted by Gasteiger charge is -2.08. The van der Waals surface area contributed by atoms with Crippen molar-refractivity contribution >= 4 is 22.6 Å². The Labute approximate surface area is 106 Å². The quantitative estimate of drug-likeness (QED) is 0.632. The molecule has 2 heteroatoms. The molecular weight excluding hydrogens is 220 g/mol. The number of hydrogen-bond donors (Lipinski definition) is 1. The monoisotopic (exact) mass is 232 g/mol. The fraction of sp³-hybridized carbons (Fsp3) is 0. The van der Waals surface area contributed by atoms with Crippen molar-refractivity contribution in [1.29, 1.82) is 10.7 Å². The van der Waals surface area contributed by atoms with E-state index in [9.17, 15) is 0 Å². The maximum Gasteiger partial charge on any atom is 0.0998 e. The molecule has 0 heterocycles. The maximum atomic E-state index is 9.10. The third kappa shape index (κ3) is 1.94. The topological polar surface area (TPSA) is 47.6 Å². The van der Waals surface area contributed by atoms with Gasteiger partial charge >= 0.3 is 0 Å². The van der Waals surface area contributed by atoms with Crippen molar-refractivity contribution in [3.63, 3.8) is 0 Å². The molecule has 0 saturated heterocycles. The minimum Gasteiger partial charge on any atom is -0.308 e. The van der Waals surface area contributed by atoms with Crippen LogP contribution in [0, 0.1) is 16.7 Å². The molecule has 2 aromatic rings. The van der Waals surface area contributed by atoms with E-state index in [1.165, 1.54) is 6.21 Å². The van der Waals surface area contributed by atoms with Crippen LogP contribution in [0.4, 0.5) is 0 Å². The Hall–Kier alpha value is -2.66. The van der Waals surface area contributed by atoms with Gasteiger partial charge in [0.2, 0.25) is 0 Å². The van der Waals surface area contributed by atoms with Gasteiger partial charge in [0.1, 0.15) is 0 Å². The van der Waals surface area contributed by atoms with Crippen LogP contribution in [-0.4, -0.2) is 6.21 Å². The third-order valence-corrected chi connectivity index (χ3v) is 2.81. The van der Waals surface area contributed by atoms with Gasteiger partial charge in [-0.15, -0.1) is 0 Å². The summed E-state index contributed by atoms with van der Waals surface area (Å²) in [5, 5.41) is 18.5. The Bertz CT molecular complexity index is 688. The molecule has 0 amide bonds. The highest BCUT2D eigenvalue weighted by molar-refractivity contribution is 6.14. The van der Waals surface area contributed by atoms with E-state index >= 15 is 0 Å². The van der Waals surface area contributed by atoms with Gasteiger partial charge in [0, 0.05) is 11.6 Å². The lowest BCUT2D eigenvalue weighted by molar-refractivity contribution is 1.50. The van der Waals surface area contributed by atoms with Crippen LogP contribution in [0.3, 0.4) is 0 Å². The van der Waals surface area contributed by atoms with Crippen molar-refractivity contribution in [2.75, 3.05) is 0 Å². The van der Waals surface area contributed by atoms with Crippen molar-refractivity contribution in [2.24, 2.45) is 0 Å². The zero-order chi connectivity index (χ0) is 13.0. The normalized spacial score (nSPS) is 10.9. The molecule has 0 aliphatic rings. The number of allylic oxidation sites excluding steroid dienone is 3. The van der Waals surface area contributed by atoms with Gasteiger partial charge in [-0.25, -0.2) is 0 Å². The maximum absolute atomic E-state index is 9.10. The average Bonchev–Trinajstić information content (AvgIpc) is 2.44. The van der Waals surface area contributed by atoms with Crippen molar-refractivity contribution in [2.45, 2.75) is 0 Å². The number of nitrogens with one attached hydrogen (secondary N) is 1.